The molecule has 5 nitrogen and oxygen atoms in total. The summed E-state index contributed by atoms with van der Waals surface area (Å²) in [6.07, 6.45) is 0.922. The first kappa shape index (κ1) is 12.4. The van der Waals surface area contributed by atoms with Crippen LogP contribution in [-0.4, -0.2) is 29.3 Å². The molecule has 2 rings (SSSR count). The molecule has 1 aromatic heterocycles. The number of ether oxygens (including phenoxy) is 1. The molecule has 0 saturated heterocycles. The largest absolute Gasteiger partial charge is 0.481 e. The fourth-order valence-electron chi connectivity index (χ4n) is 1.90. The summed E-state index contributed by atoms with van der Waals surface area (Å²) in [5.74, 6) is 0.633. The molecule has 1 heterocycles. The highest BCUT2D eigenvalue weighted by Crippen LogP contribution is 2.25. The van der Waals surface area contributed by atoms with Crippen LogP contribution in [0.2, 0.25) is 0 Å². The van der Waals surface area contributed by atoms with Crippen LogP contribution in [0.3, 0.4) is 0 Å². The minimum atomic E-state index is -0.0663. The maximum Gasteiger partial charge on any atom is 0.251 e. The number of hydrogen-bond acceptors (Lipinski definition) is 3. The Morgan fingerprint density at radius 3 is 2.94 bits per heavy atom. The van der Waals surface area contributed by atoms with E-state index in [-0.39, 0.29) is 5.91 Å². The van der Waals surface area contributed by atoms with Gasteiger partial charge >= 0.3 is 0 Å². The van der Waals surface area contributed by atoms with E-state index in [0.717, 1.165) is 17.3 Å². The van der Waals surface area contributed by atoms with Gasteiger partial charge in [0.15, 0.2) is 0 Å². The number of fused-ring (bicyclic) bond motifs is 1. The van der Waals surface area contributed by atoms with Gasteiger partial charge in [0, 0.05) is 19.2 Å². The second-order valence-electron chi connectivity index (χ2n) is 4.12. The van der Waals surface area contributed by atoms with Crippen LogP contribution in [0.25, 0.3) is 10.9 Å². The number of carbonyl (C=O) groups excluding carboxylic acids is 1. The molecule has 0 aliphatic heterocycles. The lowest BCUT2D eigenvalue weighted by Crippen LogP contribution is -2.23. The van der Waals surface area contributed by atoms with Crippen LogP contribution in [-0.2, 0) is 7.05 Å². The van der Waals surface area contributed by atoms with Gasteiger partial charge in [0.2, 0.25) is 5.88 Å². The molecule has 96 valence electrons. The number of amides is 1. The van der Waals surface area contributed by atoms with Gasteiger partial charge in [-0.15, -0.1) is 0 Å². The van der Waals surface area contributed by atoms with Gasteiger partial charge in [0.05, 0.1) is 18.0 Å². The van der Waals surface area contributed by atoms with E-state index in [1.54, 1.807) is 23.9 Å². The molecule has 0 spiro atoms. The first-order valence-corrected chi connectivity index (χ1v) is 5.96. The molecular formula is C13H17N3O2. The predicted molar refractivity (Wildman–Crippen MR) is 69.9 cm³/mol. The maximum atomic E-state index is 11.8. The van der Waals surface area contributed by atoms with Gasteiger partial charge in [0.1, 0.15) is 0 Å². The maximum absolute atomic E-state index is 11.8. The first-order valence-electron chi connectivity index (χ1n) is 5.96. The van der Waals surface area contributed by atoms with Gasteiger partial charge in [-0.2, -0.15) is 5.10 Å². The average Bonchev–Trinajstić information content (AvgIpc) is 2.69. The summed E-state index contributed by atoms with van der Waals surface area (Å²) in [6.45, 7) is 2.70. The number of nitrogens with one attached hydrogen (secondary N) is 1. The standard InChI is InChI=1S/C13H17N3O2/c1-4-7-14-12(17)9-5-6-10-11(8-9)15-16(2)13(10)18-3/h5-6,8H,4,7H2,1-3H3,(H,14,17). The molecule has 0 aliphatic rings. The molecule has 2 aromatic rings. The van der Waals surface area contributed by atoms with Crippen molar-refractivity contribution in [2.24, 2.45) is 7.05 Å². The van der Waals surface area contributed by atoms with E-state index in [1.165, 1.54) is 0 Å². The smallest absolute Gasteiger partial charge is 0.251 e. The predicted octanol–water partition coefficient (Wildman–Crippen LogP) is 1.72. The third-order valence-corrected chi connectivity index (χ3v) is 2.77. The summed E-state index contributed by atoms with van der Waals surface area (Å²) in [5, 5.41) is 8.07. The molecule has 1 N–H and O–H groups in total. The summed E-state index contributed by atoms with van der Waals surface area (Å²) in [7, 11) is 3.42. The van der Waals surface area contributed by atoms with Crippen molar-refractivity contribution in [1.82, 2.24) is 15.1 Å². The molecule has 0 fully saturated rings. The third-order valence-electron chi connectivity index (χ3n) is 2.77. The molecular weight excluding hydrogens is 230 g/mol. The van der Waals surface area contributed by atoms with E-state index < -0.39 is 0 Å². The number of aromatic nitrogens is 2. The van der Waals surface area contributed by atoms with E-state index in [2.05, 4.69) is 10.4 Å². The Kier molecular flexibility index (Phi) is 3.50. The van der Waals surface area contributed by atoms with Crippen molar-refractivity contribution in [2.45, 2.75) is 13.3 Å². The lowest BCUT2D eigenvalue weighted by molar-refractivity contribution is 0.0954. The highest BCUT2D eigenvalue weighted by molar-refractivity contribution is 5.98. The second-order valence-corrected chi connectivity index (χ2v) is 4.12. The molecule has 1 aromatic carbocycles. The summed E-state index contributed by atoms with van der Waals surface area (Å²) in [5.41, 5.74) is 1.38. The van der Waals surface area contributed by atoms with Crippen LogP contribution >= 0.6 is 0 Å². The Bertz CT molecular complexity index is 575. The number of benzene rings is 1. The van der Waals surface area contributed by atoms with Crippen LogP contribution in [0.15, 0.2) is 18.2 Å². The number of nitrogens with zero attached hydrogens (tertiary/aromatic N) is 2. The summed E-state index contributed by atoms with van der Waals surface area (Å²) in [4.78, 5) is 11.8. The first-order chi connectivity index (χ1) is 8.67. The van der Waals surface area contributed by atoms with Crippen molar-refractivity contribution in [1.29, 1.82) is 0 Å². The number of aryl methyl sites for hydroxylation is 1. The Morgan fingerprint density at radius 2 is 2.28 bits per heavy atom. The molecule has 0 bridgehead atoms. The second kappa shape index (κ2) is 5.08. The van der Waals surface area contributed by atoms with Crippen LogP contribution < -0.4 is 10.1 Å². The molecule has 1 amide bonds. The fraction of sp³-hybridized carbons (Fsp3) is 0.385. The van der Waals surface area contributed by atoms with E-state index in [9.17, 15) is 4.79 Å². The normalized spacial score (nSPS) is 10.6. The molecule has 0 unspecified atom stereocenters. The van der Waals surface area contributed by atoms with Crippen LogP contribution in [0.5, 0.6) is 5.88 Å². The van der Waals surface area contributed by atoms with Gasteiger partial charge in [-0.1, -0.05) is 6.92 Å². The van der Waals surface area contributed by atoms with Gasteiger partial charge in [0.25, 0.3) is 5.91 Å². The Morgan fingerprint density at radius 1 is 1.50 bits per heavy atom. The van der Waals surface area contributed by atoms with E-state index in [0.29, 0.717) is 18.0 Å². The van der Waals surface area contributed by atoms with Crippen LogP contribution in [0.1, 0.15) is 23.7 Å². The van der Waals surface area contributed by atoms with Crippen molar-refractivity contribution in [3.63, 3.8) is 0 Å². The van der Waals surface area contributed by atoms with Crippen molar-refractivity contribution in [3.8, 4) is 5.88 Å². The summed E-state index contributed by atoms with van der Waals surface area (Å²) in [6, 6.07) is 5.43. The topological polar surface area (TPSA) is 56.1 Å². The Balaban J connectivity index is 2.36. The zero-order chi connectivity index (χ0) is 13.1. The van der Waals surface area contributed by atoms with Gasteiger partial charge < -0.3 is 10.1 Å². The zero-order valence-corrected chi connectivity index (χ0v) is 10.9. The molecule has 0 radical (unpaired) electrons. The monoisotopic (exact) mass is 247 g/mol. The Hall–Kier alpha value is -2.04. The van der Waals surface area contributed by atoms with Crippen molar-refractivity contribution in [3.05, 3.63) is 23.8 Å². The quantitative estimate of drug-likeness (QED) is 0.895. The van der Waals surface area contributed by atoms with Crippen molar-refractivity contribution >= 4 is 16.8 Å². The highest BCUT2D eigenvalue weighted by atomic mass is 16.5. The van der Waals surface area contributed by atoms with Crippen LogP contribution in [0.4, 0.5) is 0 Å². The van der Waals surface area contributed by atoms with E-state index >= 15 is 0 Å². The molecule has 0 aliphatic carbocycles. The van der Waals surface area contributed by atoms with Gasteiger partial charge in [-0.05, 0) is 24.6 Å². The van der Waals surface area contributed by atoms with Crippen molar-refractivity contribution in [2.75, 3.05) is 13.7 Å². The number of methoxy groups -OCH3 is 1. The zero-order valence-electron chi connectivity index (χ0n) is 10.9. The van der Waals surface area contributed by atoms with E-state index in [4.69, 9.17) is 4.74 Å². The third kappa shape index (κ3) is 2.16. The molecule has 5 heteroatoms. The highest BCUT2D eigenvalue weighted by Gasteiger charge is 2.12. The van der Waals surface area contributed by atoms with Gasteiger partial charge in [-0.3, -0.25) is 4.79 Å². The SMILES string of the molecule is CCCNC(=O)c1ccc2c(OC)n(C)nc2c1. The molecule has 0 atom stereocenters. The Labute approximate surface area is 106 Å². The minimum Gasteiger partial charge on any atom is -0.481 e. The minimum absolute atomic E-state index is 0.0663. The lowest BCUT2D eigenvalue weighted by atomic mass is 10.1. The van der Waals surface area contributed by atoms with Crippen LogP contribution in [0, 0.1) is 0 Å². The molecule has 0 saturated carbocycles. The number of hydrogen-bond donors (Lipinski definition) is 1. The summed E-state index contributed by atoms with van der Waals surface area (Å²) >= 11 is 0. The van der Waals surface area contributed by atoms with E-state index in [1.807, 2.05) is 20.0 Å². The number of rotatable bonds is 4. The van der Waals surface area contributed by atoms with Crippen molar-refractivity contribution < 1.29 is 9.53 Å². The fourth-order valence-corrected chi connectivity index (χ4v) is 1.90. The van der Waals surface area contributed by atoms with Gasteiger partial charge in [-0.25, -0.2) is 4.68 Å². The summed E-state index contributed by atoms with van der Waals surface area (Å²) < 4.78 is 6.93. The lowest BCUT2D eigenvalue weighted by Gasteiger charge is -2.03. The molecule has 18 heavy (non-hydrogen) atoms. The number of carbonyl (C=O) groups is 1. The average molecular weight is 247 g/mol.